The lowest BCUT2D eigenvalue weighted by Crippen LogP contribution is -2.39. The van der Waals surface area contributed by atoms with Gasteiger partial charge in [-0.25, -0.2) is 14.8 Å². The van der Waals surface area contributed by atoms with Crippen molar-refractivity contribution in [2.45, 2.75) is 25.9 Å². The van der Waals surface area contributed by atoms with Crippen LogP contribution in [0.15, 0.2) is 35.1 Å². The molecule has 1 aromatic carbocycles. The topological polar surface area (TPSA) is 108 Å². The first kappa shape index (κ1) is 20.5. The zero-order chi connectivity index (χ0) is 21.1. The van der Waals surface area contributed by atoms with Gasteiger partial charge in [-0.3, -0.25) is 0 Å². The number of carbonyl (C=O) groups is 1. The van der Waals surface area contributed by atoms with E-state index in [1.54, 1.807) is 12.4 Å². The van der Waals surface area contributed by atoms with E-state index in [0.717, 1.165) is 35.4 Å². The van der Waals surface area contributed by atoms with Gasteiger partial charge in [-0.2, -0.15) is 0 Å². The zero-order valence-electron chi connectivity index (χ0n) is 15.9. The molecule has 30 heavy (non-hydrogen) atoms. The molecule has 1 fully saturated rings. The summed E-state index contributed by atoms with van der Waals surface area (Å²) < 4.78 is 6.99. The fourth-order valence-electron chi connectivity index (χ4n) is 2.99. The van der Waals surface area contributed by atoms with Crippen molar-refractivity contribution in [2.75, 3.05) is 18.0 Å². The van der Waals surface area contributed by atoms with Gasteiger partial charge in [0.05, 0.1) is 10.6 Å². The molecule has 10 nitrogen and oxygen atoms in total. The molecule has 3 heterocycles. The number of hydrogen-bond acceptors (Lipinski definition) is 9. The largest absolute Gasteiger partial charge is 0.489 e. The maximum Gasteiger partial charge on any atom is 0.333 e. The van der Waals surface area contributed by atoms with Gasteiger partial charge in [0.2, 0.25) is 11.8 Å². The summed E-state index contributed by atoms with van der Waals surface area (Å²) in [5, 5.41) is 12.0. The Morgan fingerprint density at radius 1 is 1.23 bits per heavy atom. The summed E-state index contributed by atoms with van der Waals surface area (Å²) >= 11 is 9.65. The average Bonchev–Trinajstić information content (AvgIpc) is 3.19. The van der Waals surface area contributed by atoms with Crippen LogP contribution in [0.2, 0.25) is 5.02 Å². The molecule has 1 aliphatic heterocycles. The van der Waals surface area contributed by atoms with Crippen LogP contribution in [0.5, 0.6) is 5.75 Å². The van der Waals surface area contributed by atoms with Crippen molar-refractivity contribution in [3.05, 3.63) is 40.1 Å². The number of benzene rings is 1. The Bertz CT molecular complexity index is 1040. The lowest BCUT2D eigenvalue weighted by atomic mass is 10.1. The number of rotatable bonds is 5. The van der Waals surface area contributed by atoms with Gasteiger partial charge in [0.15, 0.2) is 0 Å². The Labute approximate surface area is 185 Å². The number of piperidine rings is 1. The quantitative estimate of drug-likeness (QED) is 0.494. The molecular weight excluding hydrogens is 478 g/mol. The van der Waals surface area contributed by atoms with Crippen LogP contribution in [-0.2, 0) is 4.79 Å². The summed E-state index contributed by atoms with van der Waals surface area (Å²) in [5.41, 5.74) is 0.569. The van der Waals surface area contributed by atoms with Gasteiger partial charge in [-0.15, -0.1) is 5.10 Å². The van der Waals surface area contributed by atoms with Crippen LogP contribution in [-0.4, -0.2) is 55.5 Å². The maximum atomic E-state index is 10.9. The lowest BCUT2D eigenvalue weighted by molar-refractivity contribution is -0.145. The molecule has 4 rings (SSSR count). The Morgan fingerprint density at radius 2 is 1.97 bits per heavy atom. The third-order valence-corrected chi connectivity index (χ3v) is 5.22. The lowest BCUT2D eigenvalue weighted by Gasteiger charge is -2.32. The van der Waals surface area contributed by atoms with Gasteiger partial charge in [-0.05, 0) is 23.4 Å². The number of hydrogen-bond donors (Lipinski definition) is 0. The molecule has 0 amide bonds. The molecule has 0 unspecified atom stereocenters. The predicted octanol–water partition coefficient (Wildman–Crippen LogP) is 2.57. The second kappa shape index (κ2) is 8.92. The zero-order valence-corrected chi connectivity index (χ0v) is 18.2. The van der Waals surface area contributed by atoms with E-state index in [0.29, 0.717) is 22.3 Å². The molecule has 0 atom stereocenters. The van der Waals surface area contributed by atoms with Gasteiger partial charge >= 0.3 is 5.97 Å². The Kier molecular flexibility index (Phi) is 6.09. The minimum Gasteiger partial charge on any atom is -0.489 e. The second-order valence-electron chi connectivity index (χ2n) is 6.60. The molecule has 156 valence electrons. The number of halogens is 2. The van der Waals surface area contributed by atoms with E-state index in [9.17, 15) is 4.79 Å². The van der Waals surface area contributed by atoms with Crippen molar-refractivity contribution < 1.29 is 14.4 Å². The summed E-state index contributed by atoms with van der Waals surface area (Å²) in [4.78, 5) is 27.3. The monoisotopic (exact) mass is 493 g/mol. The number of aromatic nitrogens is 6. The first-order chi connectivity index (χ1) is 14.5. The molecule has 1 aliphatic rings. The highest BCUT2D eigenvalue weighted by atomic mass is 79.9. The second-order valence-corrected chi connectivity index (χ2v) is 7.92. The Balaban J connectivity index is 1.35. The highest BCUT2D eigenvalue weighted by Crippen LogP contribution is 2.30. The molecule has 12 heteroatoms. The Hall–Kier alpha value is -2.79. The third kappa shape index (κ3) is 4.85. The molecule has 0 N–H and O–H groups in total. The summed E-state index contributed by atoms with van der Waals surface area (Å²) in [6, 6.07) is 5.57. The van der Waals surface area contributed by atoms with E-state index in [4.69, 9.17) is 21.2 Å². The van der Waals surface area contributed by atoms with E-state index in [2.05, 4.69) is 46.2 Å². The summed E-state index contributed by atoms with van der Waals surface area (Å²) in [7, 11) is 0. The molecule has 0 bridgehead atoms. The van der Waals surface area contributed by atoms with Crippen LogP contribution in [0.1, 0.15) is 19.8 Å². The van der Waals surface area contributed by atoms with Crippen molar-refractivity contribution in [3.63, 3.8) is 0 Å². The molecule has 0 radical (unpaired) electrons. The van der Waals surface area contributed by atoms with Gasteiger partial charge in [0.1, 0.15) is 11.9 Å². The van der Waals surface area contributed by atoms with Crippen LogP contribution in [0.4, 0.5) is 5.95 Å². The highest BCUT2D eigenvalue weighted by Gasteiger charge is 2.23. The van der Waals surface area contributed by atoms with E-state index in [-0.39, 0.29) is 11.9 Å². The number of anilines is 1. The van der Waals surface area contributed by atoms with Crippen LogP contribution >= 0.6 is 27.5 Å². The van der Waals surface area contributed by atoms with Gasteiger partial charge < -0.3 is 14.5 Å². The minimum atomic E-state index is -0.542. The van der Waals surface area contributed by atoms with Crippen LogP contribution in [0, 0.1) is 0 Å². The smallest absolute Gasteiger partial charge is 0.333 e. The Morgan fingerprint density at radius 3 is 2.67 bits per heavy atom. The maximum absolute atomic E-state index is 10.9. The van der Waals surface area contributed by atoms with Crippen LogP contribution in [0.25, 0.3) is 11.4 Å². The molecule has 3 aromatic rings. The van der Waals surface area contributed by atoms with Crippen molar-refractivity contribution in [2.24, 2.45) is 0 Å². The van der Waals surface area contributed by atoms with Crippen molar-refractivity contribution in [3.8, 4) is 17.1 Å². The first-order valence-electron chi connectivity index (χ1n) is 9.16. The van der Waals surface area contributed by atoms with Crippen LogP contribution in [0.3, 0.4) is 0 Å². The normalized spacial score (nSPS) is 14.6. The summed E-state index contributed by atoms with van der Waals surface area (Å²) in [5.74, 6) is 1.02. The van der Waals surface area contributed by atoms with Crippen molar-refractivity contribution >= 4 is 39.4 Å². The predicted molar refractivity (Wildman–Crippen MR) is 111 cm³/mol. The number of carbonyl (C=O) groups excluding carboxylic acids is 1. The standard InChI is InChI=1S/C18H17BrClN7O3/c1-11(28)30-27-24-17(23-25-27)12-9-21-18(22-10-12)26-6-4-14(5-7-26)29-16-8-13(19)2-3-15(16)20/h2-3,8-10,14H,4-7H2,1H3. The van der Waals surface area contributed by atoms with Gasteiger partial charge in [0, 0.05) is 54.7 Å². The number of ether oxygens (including phenoxy) is 1. The molecule has 0 aliphatic carbocycles. The number of tetrazole rings is 1. The fourth-order valence-corrected chi connectivity index (χ4v) is 3.49. The molecule has 1 saturated heterocycles. The summed E-state index contributed by atoms with van der Waals surface area (Å²) in [6.07, 6.45) is 4.95. The van der Waals surface area contributed by atoms with Crippen molar-refractivity contribution in [1.29, 1.82) is 0 Å². The van der Waals surface area contributed by atoms with Gasteiger partial charge in [-0.1, -0.05) is 32.6 Å². The van der Waals surface area contributed by atoms with Crippen molar-refractivity contribution in [1.82, 2.24) is 30.3 Å². The molecule has 2 aromatic heterocycles. The third-order valence-electron chi connectivity index (χ3n) is 4.41. The SMILES string of the molecule is CC(=O)On1nnc(-c2cnc(N3CCC(Oc4cc(Br)ccc4Cl)CC3)nc2)n1. The van der Waals surface area contributed by atoms with Crippen LogP contribution < -0.4 is 14.5 Å². The van der Waals surface area contributed by atoms with E-state index < -0.39 is 5.97 Å². The fraction of sp³-hybridized carbons (Fsp3) is 0.333. The van der Waals surface area contributed by atoms with Gasteiger partial charge in [0.25, 0.3) is 0 Å². The molecular formula is C18H17BrClN7O3. The minimum absolute atomic E-state index is 0.0767. The van der Waals surface area contributed by atoms with E-state index in [1.165, 1.54) is 6.92 Å². The summed E-state index contributed by atoms with van der Waals surface area (Å²) in [6.45, 7) is 2.77. The molecule has 0 spiro atoms. The van der Waals surface area contributed by atoms with E-state index >= 15 is 0 Å². The number of nitrogens with zero attached hydrogens (tertiary/aromatic N) is 7. The first-order valence-corrected chi connectivity index (χ1v) is 10.3. The van der Waals surface area contributed by atoms with E-state index in [1.807, 2.05) is 18.2 Å². The molecule has 0 saturated carbocycles. The average molecular weight is 495 g/mol. The highest BCUT2D eigenvalue weighted by molar-refractivity contribution is 9.10.